The fourth-order valence-corrected chi connectivity index (χ4v) is 2.12. The second-order valence-electron chi connectivity index (χ2n) is 4.23. The molecule has 1 aromatic rings. The number of carboxylic acids is 1. The standard InChI is InChI=1S/C12H13ClN2O3/c1-14-10(6-11(16)17)7-15(12(14)18)9-4-2-8(13)3-5-9/h2-5,10H,6-7H2,1H3,(H,16,17). The fraction of sp³-hybridized carbons (Fsp3) is 0.333. The van der Waals surface area contributed by atoms with Crippen molar-refractivity contribution >= 4 is 29.3 Å². The van der Waals surface area contributed by atoms with Gasteiger partial charge in [-0.1, -0.05) is 11.6 Å². The first kappa shape index (κ1) is 12.7. The number of amides is 2. The number of carbonyl (C=O) groups is 2. The smallest absolute Gasteiger partial charge is 0.324 e. The number of nitrogens with zero attached hydrogens (tertiary/aromatic N) is 2. The molecule has 0 radical (unpaired) electrons. The highest BCUT2D eigenvalue weighted by atomic mass is 35.5. The van der Waals surface area contributed by atoms with Crippen molar-refractivity contribution in [2.75, 3.05) is 18.5 Å². The molecule has 96 valence electrons. The molecule has 1 aliphatic heterocycles. The Morgan fingerprint density at radius 3 is 2.61 bits per heavy atom. The number of carboxylic acid groups (broad SMARTS) is 1. The summed E-state index contributed by atoms with van der Waals surface area (Å²) in [5.41, 5.74) is 0.726. The molecule has 18 heavy (non-hydrogen) atoms. The number of urea groups is 1. The lowest BCUT2D eigenvalue weighted by Crippen LogP contribution is -2.32. The van der Waals surface area contributed by atoms with Crippen LogP contribution < -0.4 is 4.90 Å². The van der Waals surface area contributed by atoms with Crippen molar-refractivity contribution in [2.45, 2.75) is 12.5 Å². The summed E-state index contributed by atoms with van der Waals surface area (Å²) in [6, 6.07) is 6.41. The number of likely N-dealkylation sites (N-methyl/N-ethyl adjacent to an activating group) is 1. The molecule has 1 saturated heterocycles. The molecule has 1 heterocycles. The first-order valence-corrected chi connectivity index (χ1v) is 5.88. The monoisotopic (exact) mass is 268 g/mol. The van der Waals surface area contributed by atoms with Gasteiger partial charge in [0.25, 0.3) is 0 Å². The van der Waals surface area contributed by atoms with Crippen LogP contribution >= 0.6 is 11.6 Å². The van der Waals surface area contributed by atoms with E-state index in [0.29, 0.717) is 11.6 Å². The van der Waals surface area contributed by atoms with Gasteiger partial charge in [0.05, 0.1) is 12.5 Å². The van der Waals surface area contributed by atoms with Gasteiger partial charge in [0.2, 0.25) is 0 Å². The van der Waals surface area contributed by atoms with Crippen molar-refractivity contribution in [1.29, 1.82) is 0 Å². The van der Waals surface area contributed by atoms with Crippen LogP contribution in [0.4, 0.5) is 10.5 Å². The molecule has 1 fully saturated rings. The molecule has 2 rings (SSSR count). The molecular weight excluding hydrogens is 256 g/mol. The van der Waals surface area contributed by atoms with E-state index in [1.807, 2.05) is 0 Å². The van der Waals surface area contributed by atoms with Gasteiger partial charge in [-0.3, -0.25) is 9.69 Å². The maximum absolute atomic E-state index is 12.0. The lowest BCUT2D eigenvalue weighted by molar-refractivity contribution is -0.137. The second-order valence-corrected chi connectivity index (χ2v) is 4.67. The van der Waals surface area contributed by atoms with E-state index in [4.69, 9.17) is 16.7 Å². The lowest BCUT2D eigenvalue weighted by atomic mass is 10.2. The van der Waals surface area contributed by atoms with Crippen LogP contribution in [0.25, 0.3) is 0 Å². The highest BCUT2D eigenvalue weighted by Crippen LogP contribution is 2.25. The summed E-state index contributed by atoms with van der Waals surface area (Å²) in [6.07, 6.45) is -0.0493. The van der Waals surface area contributed by atoms with Gasteiger partial charge in [-0.25, -0.2) is 4.79 Å². The van der Waals surface area contributed by atoms with Crippen LogP contribution in [0.5, 0.6) is 0 Å². The van der Waals surface area contributed by atoms with E-state index in [1.165, 1.54) is 4.90 Å². The van der Waals surface area contributed by atoms with Crippen molar-refractivity contribution in [3.05, 3.63) is 29.3 Å². The van der Waals surface area contributed by atoms with Gasteiger partial charge in [0, 0.05) is 24.3 Å². The molecule has 1 unspecified atom stereocenters. The molecule has 1 atom stereocenters. The average Bonchev–Trinajstić information content (AvgIpc) is 2.58. The minimum absolute atomic E-state index is 0.0493. The lowest BCUT2D eigenvalue weighted by Gasteiger charge is -2.16. The Bertz CT molecular complexity index is 475. The predicted molar refractivity (Wildman–Crippen MR) is 68.0 cm³/mol. The summed E-state index contributed by atoms with van der Waals surface area (Å²) < 4.78 is 0. The minimum atomic E-state index is -0.905. The molecule has 0 aliphatic carbocycles. The Labute approximate surface area is 110 Å². The van der Waals surface area contributed by atoms with Gasteiger partial charge >= 0.3 is 12.0 Å². The third-order valence-electron chi connectivity index (χ3n) is 3.02. The minimum Gasteiger partial charge on any atom is -0.481 e. The topological polar surface area (TPSA) is 60.9 Å². The molecular formula is C12H13ClN2O3. The summed E-state index contributed by atoms with van der Waals surface area (Å²) in [4.78, 5) is 25.8. The highest BCUT2D eigenvalue weighted by Gasteiger charge is 2.36. The summed E-state index contributed by atoms with van der Waals surface area (Å²) in [5.74, 6) is -0.905. The molecule has 6 heteroatoms. The maximum atomic E-state index is 12.0. The summed E-state index contributed by atoms with van der Waals surface area (Å²) in [5, 5.41) is 9.40. The van der Waals surface area contributed by atoms with Gasteiger partial charge < -0.3 is 10.0 Å². The predicted octanol–water partition coefficient (Wildman–Crippen LogP) is 2.06. The van der Waals surface area contributed by atoms with Gasteiger partial charge in [0.1, 0.15) is 0 Å². The molecule has 1 aromatic carbocycles. The molecule has 0 bridgehead atoms. The number of hydrogen-bond donors (Lipinski definition) is 1. The van der Waals surface area contributed by atoms with Crippen molar-refractivity contribution in [2.24, 2.45) is 0 Å². The second kappa shape index (κ2) is 4.86. The number of hydrogen-bond acceptors (Lipinski definition) is 2. The molecule has 1 aliphatic rings. The summed E-state index contributed by atoms with van der Waals surface area (Å²) in [7, 11) is 1.62. The Balaban J connectivity index is 2.18. The number of rotatable bonds is 3. The van der Waals surface area contributed by atoms with E-state index in [9.17, 15) is 9.59 Å². The third-order valence-corrected chi connectivity index (χ3v) is 3.27. The van der Waals surface area contributed by atoms with Gasteiger partial charge in [-0.2, -0.15) is 0 Å². The van der Waals surface area contributed by atoms with Gasteiger partial charge in [-0.05, 0) is 24.3 Å². The van der Waals surface area contributed by atoms with Crippen LogP contribution in [0.3, 0.4) is 0 Å². The normalized spacial score (nSPS) is 19.4. The molecule has 5 nitrogen and oxygen atoms in total. The number of anilines is 1. The highest BCUT2D eigenvalue weighted by molar-refractivity contribution is 6.30. The fourth-order valence-electron chi connectivity index (χ4n) is 2.00. The Morgan fingerprint density at radius 2 is 2.06 bits per heavy atom. The zero-order valence-electron chi connectivity index (χ0n) is 9.84. The largest absolute Gasteiger partial charge is 0.481 e. The number of halogens is 1. The van der Waals surface area contributed by atoms with Crippen LogP contribution in [0, 0.1) is 0 Å². The van der Waals surface area contributed by atoms with E-state index >= 15 is 0 Å². The number of aliphatic carboxylic acids is 1. The van der Waals surface area contributed by atoms with Gasteiger partial charge in [0.15, 0.2) is 0 Å². The first-order valence-electron chi connectivity index (χ1n) is 5.50. The van der Waals surface area contributed by atoms with Crippen molar-refractivity contribution in [3.8, 4) is 0 Å². The third kappa shape index (κ3) is 2.41. The maximum Gasteiger partial charge on any atom is 0.324 e. The zero-order chi connectivity index (χ0) is 13.3. The molecule has 0 saturated carbocycles. The average molecular weight is 269 g/mol. The summed E-state index contributed by atoms with van der Waals surface area (Å²) in [6.45, 7) is 0.378. The molecule has 0 aromatic heterocycles. The molecule has 0 spiro atoms. The van der Waals surface area contributed by atoms with Crippen molar-refractivity contribution < 1.29 is 14.7 Å². The van der Waals surface area contributed by atoms with E-state index in [-0.39, 0.29) is 18.5 Å². The number of benzene rings is 1. The van der Waals surface area contributed by atoms with E-state index in [2.05, 4.69) is 0 Å². The SMILES string of the molecule is CN1C(=O)N(c2ccc(Cl)cc2)CC1CC(=O)O. The number of carbonyl (C=O) groups excluding carboxylic acids is 1. The van der Waals surface area contributed by atoms with E-state index in [1.54, 1.807) is 36.2 Å². The Morgan fingerprint density at radius 1 is 1.44 bits per heavy atom. The Kier molecular flexibility index (Phi) is 3.43. The van der Waals surface area contributed by atoms with E-state index < -0.39 is 5.97 Å². The quantitative estimate of drug-likeness (QED) is 0.913. The van der Waals surface area contributed by atoms with Crippen molar-refractivity contribution in [1.82, 2.24) is 4.90 Å². The van der Waals surface area contributed by atoms with E-state index in [0.717, 1.165) is 5.69 Å². The zero-order valence-corrected chi connectivity index (χ0v) is 10.6. The van der Waals surface area contributed by atoms with Crippen molar-refractivity contribution in [3.63, 3.8) is 0 Å². The molecule has 1 N–H and O–H groups in total. The van der Waals surface area contributed by atoms with Crippen LogP contribution in [0.15, 0.2) is 24.3 Å². The summed E-state index contributed by atoms with van der Waals surface area (Å²) >= 11 is 5.79. The van der Waals surface area contributed by atoms with Gasteiger partial charge in [-0.15, -0.1) is 0 Å². The van der Waals surface area contributed by atoms with Crippen LogP contribution in [-0.2, 0) is 4.79 Å². The first-order chi connectivity index (χ1) is 8.49. The molecule has 2 amide bonds. The van der Waals surface area contributed by atoms with Crippen LogP contribution in [-0.4, -0.2) is 41.6 Å². The Hall–Kier alpha value is -1.75. The van der Waals surface area contributed by atoms with Crippen LogP contribution in [0.1, 0.15) is 6.42 Å². The van der Waals surface area contributed by atoms with Crippen LogP contribution in [0.2, 0.25) is 5.02 Å².